The number of rotatable bonds is 5. The minimum Gasteiger partial charge on any atom is -0.493 e. The third kappa shape index (κ3) is 2.64. The summed E-state index contributed by atoms with van der Waals surface area (Å²) in [5.74, 6) is 1.23. The molecule has 6 heteroatoms. The summed E-state index contributed by atoms with van der Waals surface area (Å²) in [6.07, 6.45) is 3.39. The van der Waals surface area contributed by atoms with E-state index in [1.165, 1.54) is 0 Å². The van der Waals surface area contributed by atoms with Crippen LogP contribution in [0.4, 0.5) is 0 Å². The predicted octanol–water partition coefficient (Wildman–Crippen LogP) is 2.37. The molecular formula is C15H17ClN2O3. The quantitative estimate of drug-likeness (QED) is 0.619. The Labute approximate surface area is 128 Å². The van der Waals surface area contributed by atoms with Crippen LogP contribution in [0.25, 0.3) is 0 Å². The van der Waals surface area contributed by atoms with E-state index in [1.54, 1.807) is 19.3 Å². The minimum absolute atomic E-state index is 0.125. The molecule has 1 aliphatic carbocycles. The Kier molecular flexibility index (Phi) is 3.66. The van der Waals surface area contributed by atoms with Crippen LogP contribution in [0, 0.1) is 0 Å². The fourth-order valence-electron chi connectivity index (χ4n) is 2.72. The van der Waals surface area contributed by atoms with Crippen molar-refractivity contribution in [2.24, 2.45) is 4.99 Å². The Morgan fingerprint density at radius 3 is 2.67 bits per heavy atom. The van der Waals surface area contributed by atoms with E-state index >= 15 is 0 Å². The molecule has 1 aromatic rings. The molecule has 1 saturated heterocycles. The summed E-state index contributed by atoms with van der Waals surface area (Å²) in [7, 11) is 3.62. The molecule has 0 N–H and O–H groups in total. The van der Waals surface area contributed by atoms with Crippen LogP contribution in [0.15, 0.2) is 17.1 Å². The lowest BCUT2D eigenvalue weighted by Crippen LogP contribution is -2.51. The maximum Gasteiger partial charge on any atom is 0.235 e. The lowest BCUT2D eigenvalue weighted by Gasteiger charge is -2.37. The van der Waals surface area contributed by atoms with E-state index in [4.69, 9.17) is 21.1 Å². The highest BCUT2D eigenvalue weighted by atomic mass is 35.5. The van der Waals surface area contributed by atoms with Crippen molar-refractivity contribution in [3.8, 4) is 11.5 Å². The van der Waals surface area contributed by atoms with Gasteiger partial charge < -0.3 is 9.47 Å². The first kappa shape index (κ1) is 14.4. The van der Waals surface area contributed by atoms with E-state index in [1.807, 2.05) is 13.1 Å². The summed E-state index contributed by atoms with van der Waals surface area (Å²) in [5.41, 5.74) is 0.287. The summed E-state index contributed by atoms with van der Waals surface area (Å²) in [5, 5.41) is 0.548. The van der Waals surface area contributed by atoms with Crippen molar-refractivity contribution >= 4 is 17.7 Å². The van der Waals surface area contributed by atoms with Crippen LogP contribution in [0.5, 0.6) is 11.5 Å². The summed E-state index contributed by atoms with van der Waals surface area (Å²) in [6, 6.07) is 3.54. The zero-order chi connectivity index (χ0) is 15.0. The van der Waals surface area contributed by atoms with Crippen LogP contribution >= 0.6 is 11.6 Å². The van der Waals surface area contributed by atoms with Gasteiger partial charge in [0.2, 0.25) is 6.08 Å². The van der Waals surface area contributed by atoms with E-state index in [0.717, 1.165) is 31.5 Å². The van der Waals surface area contributed by atoms with Crippen molar-refractivity contribution < 1.29 is 14.3 Å². The second-order valence-electron chi connectivity index (χ2n) is 5.68. The smallest absolute Gasteiger partial charge is 0.235 e. The fourth-order valence-corrected chi connectivity index (χ4v) is 2.93. The first-order chi connectivity index (χ1) is 10.1. The molecule has 21 heavy (non-hydrogen) atoms. The lowest BCUT2D eigenvalue weighted by molar-refractivity contribution is 0.0359. The number of isocyanates is 1. The van der Waals surface area contributed by atoms with Gasteiger partial charge in [-0.25, -0.2) is 4.79 Å². The lowest BCUT2D eigenvalue weighted by atomic mass is 10.0. The molecule has 2 fully saturated rings. The first-order valence-corrected chi connectivity index (χ1v) is 7.28. The molecule has 2 aliphatic rings. The van der Waals surface area contributed by atoms with Gasteiger partial charge >= 0.3 is 0 Å². The molecule has 1 saturated carbocycles. The summed E-state index contributed by atoms with van der Waals surface area (Å²) in [4.78, 5) is 16.9. The molecule has 0 amide bonds. The third-order valence-electron chi connectivity index (χ3n) is 4.04. The second kappa shape index (κ2) is 5.34. The molecule has 1 heterocycles. The first-order valence-electron chi connectivity index (χ1n) is 6.90. The number of likely N-dealkylation sites (tertiary alicyclic amines) is 1. The third-order valence-corrected chi connectivity index (χ3v) is 4.26. The van der Waals surface area contributed by atoms with Gasteiger partial charge in [0.15, 0.2) is 11.5 Å². The molecule has 0 aromatic heterocycles. The summed E-state index contributed by atoms with van der Waals surface area (Å²) in [6.45, 7) is 1.74. The molecule has 0 radical (unpaired) electrons. The number of likely N-dealkylation sites (N-methyl/N-ethyl adjacent to an activating group) is 1. The predicted molar refractivity (Wildman–Crippen MR) is 79.0 cm³/mol. The van der Waals surface area contributed by atoms with Crippen molar-refractivity contribution in [3.63, 3.8) is 0 Å². The standard InChI is InChI=1S/C15H17ClN2O3/c1-18-7-11(8-18)21-14-12(15(3-4-15)17-9-19)5-10(16)6-13(14)20-2/h5-6,11H,3-4,7-8H2,1-2H3. The van der Waals surface area contributed by atoms with Gasteiger partial charge in [-0.1, -0.05) is 11.6 Å². The average Bonchev–Trinajstić information content (AvgIpc) is 3.19. The maximum atomic E-state index is 10.7. The van der Waals surface area contributed by atoms with E-state index in [2.05, 4.69) is 9.89 Å². The number of benzene rings is 1. The van der Waals surface area contributed by atoms with Crippen LogP contribution in [0.1, 0.15) is 18.4 Å². The number of methoxy groups -OCH3 is 1. The normalized spacial score (nSPS) is 20.3. The number of carbonyl (C=O) groups excluding carboxylic acids is 1. The molecule has 5 nitrogen and oxygen atoms in total. The van der Waals surface area contributed by atoms with Gasteiger partial charge in [-0.3, -0.25) is 4.90 Å². The van der Waals surface area contributed by atoms with Crippen LogP contribution in [-0.4, -0.2) is 44.3 Å². The van der Waals surface area contributed by atoms with Crippen molar-refractivity contribution in [2.45, 2.75) is 24.5 Å². The molecule has 1 aliphatic heterocycles. The zero-order valence-corrected chi connectivity index (χ0v) is 12.8. The number of aliphatic imine (C=N–C) groups is 1. The van der Waals surface area contributed by atoms with Gasteiger partial charge in [-0.05, 0) is 26.0 Å². The molecule has 0 spiro atoms. The number of hydrogen-bond acceptors (Lipinski definition) is 5. The highest BCUT2D eigenvalue weighted by Crippen LogP contribution is 2.55. The maximum absolute atomic E-state index is 10.7. The number of nitrogens with zero attached hydrogens (tertiary/aromatic N) is 2. The van der Waals surface area contributed by atoms with E-state index in [-0.39, 0.29) is 6.10 Å². The summed E-state index contributed by atoms with van der Waals surface area (Å²) < 4.78 is 11.5. The van der Waals surface area contributed by atoms with E-state index in [0.29, 0.717) is 16.5 Å². The number of hydrogen-bond donors (Lipinski definition) is 0. The zero-order valence-electron chi connectivity index (χ0n) is 12.1. The van der Waals surface area contributed by atoms with Crippen LogP contribution in [0.3, 0.4) is 0 Å². The van der Waals surface area contributed by atoms with E-state index in [9.17, 15) is 4.79 Å². The Morgan fingerprint density at radius 2 is 2.14 bits per heavy atom. The molecule has 0 unspecified atom stereocenters. The van der Waals surface area contributed by atoms with Gasteiger partial charge in [-0.15, -0.1) is 0 Å². The van der Waals surface area contributed by atoms with Crippen LogP contribution in [-0.2, 0) is 10.3 Å². The molecule has 1 aromatic carbocycles. The SMILES string of the molecule is COc1cc(Cl)cc(C2(N=C=O)CC2)c1OC1CN(C)C1. The highest BCUT2D eigenvalue weighted by Gasteiger charge is 2.48. The van der Waals surface area contributed by atoms with Gasteiger partial charge in [0.1, 0.15) is 11.6 Å². The molecule has 3 rings (SSSR count). The van der Waals surface area contributed by atoms with Crippen LogP contribution < -0.4 is 9.47 Å². The Bertz CT molecular complexity index is 603. The second-order valence-corrected chi connectivity index (χ2v) is 6.12. The van der Waals surface area contributed by atoms with Crippen molar-refractivity contribution in [1.82, 2.24) is 4.90 Å². The van der Waals surface area contributed by atoms with Gasteiger partial charge in [0, 0.05) is 29.7 Å². The monoisotopic (exact) mass is 308 g/mol. The van der Waals surface area contributed by atoms with Crippen molar-refractivity contribution in [3.05, 3.63) is 22.7 Å². The molecular weight excluding hydrogens is 292 g/mol. The molecule has 0 atom stereocenters. The Hall–Kier alpha value is -1.55. The molecule has 0 bridgehead atoms. The highest BCUT2D eigenvalue weighted by molar-refractivity contribution is 6.30. The topological polar surface area (TPSA) is 51.1 Å². The average molecular weight is 309 g/mol. The van der Waals surface area contributed by atoms with Gasteiger partial charge in [0.05, 0.1) is 7.11 Å². The van der Waals surface area contributed by atoms with E-state index < -0.39 is 5.54 Å². The largest absolute Gasteiger partial charge is 0.493 e. The summed E-state index contributed by atoms with van der Waals surface area (Å²) >= 11 is 6.16. The number of halogens is 1. The number of ether oxygens (including phenoxy) is 2. The van der Waals surface area contributed by atoms with Gasteiger partial charge in [-0.2, -0.15) is 4.99 Å². The Morgan fingerprint density at radius 1 is 1.43 bits per heavy atom. The Balaban J connectivity index is 2.00. The van der Waals surface area contributed by atoms with Crippen LogP contribution in [0.2, 0.25) is 5.02 Å². The van der Waals surface area contributed by atoms with Crippen molar-refractivity contribution in [1.29, 1.82) is 0 Å². The molecule has 112 valence electrons. The van der Waals surface area contributed by atoms with Gasteiger partial charge in [0.25, 0.3) is 0 Å². The fraction of sp³-hybridized carbons (Fsp3) is 0.533. The van der Waals surface area contributed by atoms with Crippen molar-refractivity contribution in [2.75, 3.05) is 27.2 Å². The minimum atomic E-state index is -0.537.